The van der Waals surface area contributed by atoms with Gasteiger partial charge in [-0.3, -0.25) is 0 Å². The van der Waals surface area contributed by atoms with E-state index in [1.54, 1.807) is 7.11 Å². The van der Waals surface area contributed by atoms with Crippen LogP contribution in [0, 0.1) is 0 Å². The molecule has 2 fully saturated rings. The lowest BCUT2D eigenvalue weighted by atomic mass is 10.2. The Morgan fingerprint density at radius 1 is 1.10 bits per heavy atom. The lowest BCUT2D eigenvalue weighted by Crippen LogP contribution is -2.28. The first kappa shape index (κ1) is 19.8. The zero-order valence-corrected chi connectivity index (χ0v) is 14.5. The maximum atomic E-state index is 5.43. The van der Waals surface area contributed by atoms with Crippen LogP contribution in [0.15, 0.2) is 0 Å². The monoisotopic (exact) mass is 288 g/mol. The van der Waals surface area contributed by atoms with Crippen molar-refractivity contribution in [2.24, 2.45) is 0 Å². The molecule has 0 amide bonds. The SMILES string of the molecule is CC.CCOC1CCN(C)C1.COCC1CCCN1C. The summed E-state index contributed by atoms with van der Waals surface area (Å²) in [5.41, 5.74) is 0. The van der Waals surface area contributed by atoms with E-state index in [4.69, 9.17) is 9.47 Å². The number of methoxy groups -OCH3 is 1. The van der Waals surface area contributed by atoms with Gasteiger partial charge in [0.25, 0.3) is 0 Å². The largest absolute Gasteiger partial charge is 0.383 e. The molecule has 2 saturated heterocycles. The Kier molecular flexibility index (Phi) is 12.5. The number of nitrogens with zero attached hydrogens (tertiary/aromatic N) is 2. The van der Waals surface area contributed by atoms with Crippen molar-refractivity contribution in [3.63, 3.8) is 0 Å². The molecule has 122 valence electrons. The van der Waals surface area contributed by atoms with E-state index in [-0.39, 0.29) is 0 Å². The van der Waals surface area contributed by atoms with Crippen LogP contribution >= 0.6 is 0 Å². The summed E-state index contributed by atoms with van der Waals surface area (Å²) in [6.07, 6.45) is 4.37. The molecule has 2 unspecified atom stereocenters. The van der Waals surface area contributed by atoms with Gasteiger partial charge < -0.3 is 19.3 Å². The fourth-order valence-corrected chi connectivity index (χ4v) is 2.65. The average Bonchev–Trinajstić information content (AvgIpc) is 3.04. The second kappa shape index (κ2) is 12.6. The third-order valence-corrected chi connectivity index (χ3v) is 3.78. The number of hydrogen-bond donors (Lipinski definition) is 0. The number of likely N-dealkylation sites (tertiary alicyclic amines) is 2. The Morgan fingerprint density at radius 3 is 2.20 bits per heavy atom. The molecule has 2 atom stereocenters. The molecule has 0 N–H and O–H groups in total. The van der Waals surface area contributed by atoms with Crippen LogP contribution in [0.5, 0.6) is 0 Å². The van der Waals surface area contributed by atoms with E-state index in [1.807, 2.05) is 13.8 Å². The lowest BCUT2D eigenvalue weighted by molar-refractivity contribution is 0.0709. The zero-order chi connectivity index (χ0) is 15.4. The van der Waals surface area contributed by atoms with Crippen molar-refractivity contribution >= 4 is 0 Å². The molecule has 2 aliphatic rings. The van der Waals surface area contributed by atoms with Gasteiger partial charge >= 0.3 is 0 Å². The van der Waals surface area contributed by atoms with E-state index in [1.165, 1.54) is 32.4 Å². The molecular weight excluding hydrogens is 252 g/mol. The highest BCUT2D eigenvalue weighted by atomic mass is 16.5. The molecule has 0 aromatic carbocycles. The molecule has 0 aromatic rings. The molecule has 4 nitrogen and oxygen atoms in total. The second-order valence-corrected chi connectivity index (χ2v) is 5.36. The first-order valence-electron chi connectivity index (χ1n) is 8.16. The van der Waals surface area contributed by atoms with Crippen LogP contribution in [0.1, 0.15) is 40.0 Å². The number of likely N-dealkylation sites (N-methyl/N-ethyl adjacent to an activating group) is 2. The molecule has 2 rings (SSSR count). The number of ether oxygens (including phenoxy) is 2. The Morgan fingerprint density at radius 2 is 1.80 bits per heavy atom. The summed E-state index contributed by atoms with van der Waals surface area (Å²) in [4.78, 5) is 4.67. The summed E-state index contributed by atoms with van der Waals surface area (Å²) < 4.78 is 10.5. The van der Waals surface area contributed by atoms with Crippen molar-refractivity contribution in [3.05, 3.63) is 0 Å². The number of rotatable bonds is 4. The van der Waals surface area contributed by atoms with Crippen molar-refractivity contribution in [1.82, 2.24) is 9.80 Å². The summed E-state index contributed by atoms with van der Waals surface area (Å²) in [7, 11) is 6.07. The Balaban J connectivity index is 0.000000321. The Bertz CT molecular complexity index is 213. The van der Waals surface area contributed by atoms with Gasteiger partial charge in [-0.15, -0.1) is 0 Å². The molecule has 4 heteroatoms. The lowest BCUT2D eigenvalue weighted by Gasteiger charge is -2.17. The topological polar surface area (TPSA) is 24.9 Å². The van der Waals surface area contributed by atoms with Crippen LogP contribution in [0.25, 0.3) is 0 Å². The molecule has 0 aliphatic carbocycles. The molecule has 0 bridgehead atoms. The smallest absolute Gasteiger partial charge is 0.0713 e. The van der Waals surface area contributed by atoms with E-state index in [2.05, 4.69) is 30.8 Å². The highest BCUT2D eigenvalue weighted by molar-refractivity contribution is 4.75. The van der Waals surface area contributed by atoms with E-state index in [0.29, 0.717) is 12.1 Å². The Labute approximate surface area is 126 Å². The fraction of sp³-hybridized carbons (Fsp3) is 1.00. The van der Waals surface area contributed by atoms with Crippen molar-refractivity contribution in [1.29, 1.82) is 0 Å². The first-order chi connectivity index (χ1) is 9.67. The molecule has 0 spiro atoms. The summed E-state index contributed by atoms with van der Waals surface area (Å²) in [6, 6.07) is 0.690. The van der Waals surface area contributed by atoms with E-state index >= 15 is 0 Å². The number of hydrogen-bond acceptors (Lipinski definition) is 4. The molecule has 0 saturated carbocycles. The minimum atomic E-state index is 0.514. The van der Waals surface area contributed by atoms with Gasteiger partial charge in [-0.05, 0) is 46.8 Å². The standard InChI is InChI=1S/2C7H15NO.C2H6/c1-8-5-3-4-7(8)6-9-2;1-3-9-7-4-5-8(2)6-7;1-2/h2*7H,3-6H2,1-2H3;1-2H3. The van der Waals surface area contributed by atoms with Crippen molar-refractivity contribution < 1.29 is 9.47 Å². The maximum Gasteiger partial charge on any atom is 0.0713 e. The van der Waals surface area contributed by atoms with Crippen LogP contribution in [-0.4, -0.2) is 76.0 Å². The molecule has 2 aliphatic heterocycles. The quantitative estimate of drug-likeness (QED) is 0.793. The summed E-state index contributed by atoms with van der Waals surface area (Å²) >= 11 is 0. The van der Waals surface area contributed by atoms with Gasteiger partial charge in [0, 0.05) is 32.8 Å². The van der Waals surface area contributed by atoms with Gasteiger partial charge in [-0.25, -0.2) is 0 Å². The van der Waals surface area contributed by atoms with Crippen LogP contribution in [0.4, 0.5) is 0 Å². The second-order valence-electron chi connectivity index (χ2n) is 5.36. The third-order valence-electron chi connectivity index (χ3n) is 3.78. The predicted molar refractivity (Wildman–Crippen MR) is 86.4 cm³/mol. The average molecular weight is 288 g/mol. The van der Waals surface area contributed by atoms with Crippen LogP contribution in [0.3, 0.4) is 0 Å². The maximum absolute atomic E-state index is 5.43. The van der Waals surface area contributed by atoms with Crippen LogP contribution in [-0.2, 0) is 9.47 Å². The summed E-state index contributed by atoms with van der Waals surface area (Å²) in [5.74, 6) is 0. The van der Waals surface area contributed by atoms with Gasteiger partial charge in [-0.2, -0.15) is 0 Å². The van der Waals surface area contributed by atoms with Crippen molar-refractivity contribution in [2.75, 3.05) is 54.1 Å². The summed E-state index contributed by atoms with van der Waals surface area (Å²) in [6.45, 7) is 11.4. The third kappa shape index (κ3) is 8.20. The zero-order valence-electron chi connectivity index (χ0n) is 14.5. The van der Waals surface area contributed by atoms with Gasteiger partial charge in [0.1, 0.15) is 0 Å². The molecule has 0 radical (unpaired) electrons. The van der Waals surface area contributed by atoms with Crippen molar-refractivity contribution in [3.8, 4) is 0 Å². The first-order valence-corrected chi connectivity index (χ1v) is 8.16. The molecular formula is C16H36N2O2. The van der Waals surface area contributed by atoms with Gasteiger partial charge in [0.05, 0.1) is 12.7 Å². The van der Waals surface area contributed by atoms with E-state index < -0.39 is 0 Å². The molecule has 2 heterocycles. The fourth-order valence-electron chi connectivity index (χ4n) is 2.65. The molecule has 20 heavy (non-hydrogen) atoms. The summed E-state index contributed by atoms with van der Waals surface area (Å²) in [5, 5.41) is 0. The minimum Gasteiger partial charge on any atom is -0.383 e. The highest BCUT2D eigenvalue weighted by Crippen LogP contribution is 2.14. The van der Waals surface area contributed by atoms with Crippen LogP contribution < -0.4 is 0 Å². The Hall–Kier alpha value is -0.160. The van der Waals surface area contributed by atoms with Gasteiger partial charge in [0.15, 0.2) is 0 Å². The van der Waals surface area contributed by atoms with Crippen molar-refractivity contribution in [2.45, 2.75) is 52.2 Å². The normalized spacial score (nSPS) is 26.7. The molecule has 0 aromatic heterocycles. The predicted octanol–water partition coefficient (Wildman–Crippen LogP) is 2.48. The van der Waals surface area contributed by atoms with E-state index in [0.717, 1.165) is 19.8 Å². The van der Waals surface area contributed by atoms with Gasteiger partial charge in [0.2, 0.25) is 0 Å². The van der Waals surface area contributed by atoms with Crippen LogP contribution in [0.2, 0.25) is 0 Å². The van der Waals surface area contributed by atoms with E-state index in [9.17, 15) is 0 Å². The van der Waals surface area contributed by atoms with Gasteiger partial charge in [-0.1, -0.05) is 13.8 Å². The highest BCUT2D eigenvalue weighted by Gasteiger charge is 2.19. The minimum absolute atomic E-state index is 0.514.